The predicted octanol–water partition coefficient (Wildman–Crippen LogP) is 2.23. The lowest BCUT2D eigenvalue weighted by Gasteiger charge is -2.38. The molecule has 29 heavy (non-hydrogen) atoms. The van der Waals surface area contributed by atoms with Crippen molar-refractivity contribution in [3.8, 4) is 5.75 Å². The van der Waals surface area contributed by atoms with Gasteiger partial charge in [-0.2, -0.15) is 0 Å². The first kappa shape index (κ1) is 21.3. The summed E-state index contributed by atoms with van der Waals surface area (Å²) in [6.07, 6.45) is 5.91. The maximum absolute atomic E-state index is 12.3. The number of nitrogens with zero attached hydrogens (tertiary/aromatic N) is 3. The number of hydrogen-bond donors (Lipinski definition) is 2. The van der Waals surface area contributed by atoms with Crippen molar-refractivity contribution in [2.45, 2.75) is 45.1 Å². The normalized spacial score (nSPS) is 18.5. The van der Waals surface area contributed by atoms with Gasteiger partial charge in [-0.25, -0.2) is 4.99 Å². The SMILES string of the molecule is CCNC(=NCC(=O)NC1CCCCC1)N1CCN(c2ccccc2OC)CC1. The van der Waals surface area contributed by atoms with Crippen LogP contribution >= 0.6 is 0 Å². The minimum Gasteiger partial charge on any atom is -0.495 e. The van der Waals surface area contributed by atoms with Gasteiger partial charge >= 0.3 is 0 Å². The van der Waals surface area contributed by atoms with Gasteiger partial charge in [0.1, 0.15) is 12.3 Å². The van der Waals surface area contributed by atoms with Crippen molar-refractivity contribution in [2.24, 2.45) is 4.99 Å². The second-order valence-electron chi connectivity index (χ2n) is 7.72. The quantitative estimate of drug-likeness (QED) is 0.565. The molecule has 3 rings (SSSR count). The van der Waals surface area contributed by atoms with Gasteiger partial charge in [0.2, 0.25) is 5.91 Å². The molecule has 1 saturated carbocycles. The van der Waals surface area contributed by atoms with E-state index in [0.29, 0.717) is 6.04 Å². The van der Waals surface area contributed by atoms with Crippen LogP contribution in [0.1, 0.15) is 39.0 Å². The number of rotatable bonds is 6. The highest BCUT2D eigenvalue weighted by Crippen LogP contribution is 2.28. The van der Waals surface area contributed by atoms with Crippen molar-refractivity contribution >= 4 is 17.6 Å². The molecule has 7 heteroatoms. The summed E-state index contributed by atoms with van der Waals surface area (Å²) in [6.45, 7) is 6.52. The van der Waals surface area contributed by atoms with E-state index in [1.807, 2.05) is 18.2 Å². The number of nitrogens with one attached hydrogen (secondary N) is 2. The van der Waals surface area contributed by atoms with Crippen LogP contribution in [0.3, 0.4) is 0 Å². The van der Waals surface area contributed by atoms with E-state index in [9.17, 15) is 4.79 Å². The molecule has 0 unspecified atom stereocenters. The zero-order chi connectivity index (χ0) is 20.5. The van der Waals surface area contributed by atoms with Crippen LogP contribution in [-0.4, -0.2) is 69.2 Å². The third kappa shape index (κ3) is 6.02. The highest BCUT2D eigenvalue weighted by Gasteiger charge is 2.22. The molecule has 1 heterocycles. The number of ether oxygens (including phenoxy) is 1. The number of carbonyl (C=O) groups is 1. The monoisotopic (exact) mass is 401 g/mol. The lowest BCUT2D eigenvalue weighted by molar-refractivity contribution is -0.120. The summed E-state index contributed by atoms with van der Waals surface area (Å²) in [4.78, 5) is 21.5. The molecule has 0 radical (unpaired) electrons. The van der Waals surface area contributed by atoms with E-state index >= 15 is 0 Å². The van der Waals surface area contributed by atoms with Crippen LogP contribution in [0.25, 0.3) is 0 Å². The predicted molar refractivity (Wildman–Crippen MR) is 118 cm³/mol. The lowest BCUT2D eigenvalue weighted by atomic mass is 9.95. The van der Waals surface area contributed by atoms with Gasteiger partial charge < -0.3 is 25.2 Å². The number of para-hydroxylation sites is 2. The first-order chi connectivity index (χ1) is 14.2. The number of aliphatic imine (C=N–C) groups is 1. The van der Waals surface area contributed by atoms with Crippen molar-refractivity contribution < 1.29 is 9.53 Å². The molecule has 0 atom stereocenters. The Morgan fingerprint density at radius 3 is 2.55 bits per heavy atom. The van der Waals surface area contributed by atoms with Gasteiger partial charge in [0, 0.05) is 38.8 Å². The van der Waals surface area contributed by atoms with Crippen LogP contribution in [-0.2, 0) is 4.79 Å². The summed E-state index contributed by atoms with van der Waals surface area (Å²) in [5, 5.41) is 6.49. The number of piperazine rings is 1. The molecule has 1 aromatic rings. The third-order valence-electron chi connectivity index (χ3n) is 5.68. The first-order valence-corrected chi connectivity index (χ1v) is 10.9. The Morgan fingerprint density at radius 2 is 1.86 bits per heavy atom. The Balaban J connectivity index is 1.54. The van der Waals surface area contributed by atoms with Crippen LogP contribution in [0.5, 0.6) is 5.75 Å². The Hall–Kier alpha value is -2.44. The van der Waals surface area contributed by atoms with E-state index in [2.05, 4.69) is 38.4 Å². The van der Waals surface area contributed by atoms with Crippen molar-refractivity contribution in [3.05, 3.63) is 24.3 Å². The van der Waals surface area contributed by atoms with Crippen molar-refractivity contribution in [1.82, 2.24) is 15.5 Å². The smallest absolute Gasteiger partial charge is 0.242 e. The van der Waals surface area contributed by atoms with Crippen LogP contribution in [0.15, 0.2) is 29.3 Å². The van der Waals surface area contributed by atoms with Crippen molar-refractivity contribution in [3.63, 3.8) is 0 Å². The highest BCUT2D eigenvalue weighted by molar-refractivity contribution is 5.85. The Morgan fingerprint density at radius 1 is 1.14 bits per heavy atom. The van der Waals surface area contributed by atoms with Gasteiger partial charge in [0.25, 0.3) is 0 Å². The lowest BCUT2D eigenvalue weighted by Crippen LogP contribution is -2.53. The van der Waals surface area contributed by atoms with E-state index in [0.717, 1.165) is 63.0 Å². The molecule has 7 nitrogen and oxygen atoms in total. The van der Waals surface area contributed by atoms with E-state index in [-0.39, 0.29) is 12.5 Å². The highest BCUT2D eigenvalue weighted by atomic mass is 16.5. The number of guanidine groups is 1. The minimum absolute atomic E-state index is 0.0277. The summed E-state index contributed by atoms with van der Waals surface area (Å²) in [5.74, 6) is 1.76. The second kappa shape index (κ2) is 10.9. The molecule has 1 aliphatic heterocycles. The molecule has 2 N–H and O–H groups in total. The van der Waals surface area contributed by atoms with Gasteiger partial charge in [0.15, 0.2) is 5.96 Å². The van der Waals surface area contributed by atoms with E-state index < -0.39 is 0 Å². The van der Waals surface area contributed by atoms with E-state index in [4.69, 9.17) is 4.74 Å². The minimum atomic E-state index is 0.0277. The molecule has 160 valence electrons. The fraction of sp³-hybridized carbons (Fsp3) is 0.636. The molecule has 1 aliphatic carbocycles. The fourth-order valence-electron chi connectivity index (χ4n) is 4.14. The maximum Gasteiger partial charge on any atom is 0.242 e. The van der Waals surface area contributed by atoms with Gasteiger partial charge in [-0.15, -0.1) is 0 Å². The molecule has 0 aromatic heterocycles. The number of amides is 1. The van der Waals surface area contributed by atoms with Crippen LogP contribution in [0.2, 0.25) is 0 Å². The first-order valence-electron chi connectivity index (χ1n) is 10.9. The van der Waals surface area contributed by atoms with Crippen LogP contribution in [0, 0.1) is 0 Å². The summed E-state index contributed by atoms with van der Waals surface area (Å²) in [5.41, 5.74) is 1.13. The van der Waals surface area contributed by atoms with Crippen LogP contribution < -0.4 is 20.3 Å². The molecular formula is C22H35N5O2. The molecule has 0 bridgehead atoms. The summed E-state index contributed by atoms with van der Waals surface area (Å²) in [6, 6.07) is 8.47. The molecular weight excluding hydrogens is 366 g/mol. The average molecular weight is 402 g/mol. The number of hydrogen-bond acceptors (Lipinski definition) is 4. The summed E-state index contributed by atoms with van der Waals surface area (Å²) in [7, 11) is 1.71. The van der Waals surface area contributed by atoms with Gasteiger partial charge in [-0.3, -0.25) is 4.79 Å². The molecule has 2 fully saturated rings. The Bertz CT molecular complexity index is 680. The van der Waals surface area contributed by atoms with Crippen molar-refractivity contribution in [1.29, 1.82) is 0 Å². The molecule has 1 amide bonds. The zero-order valence-electron chi connectivity index (χ0n) is 17.8. The topological polar surface area (TPSA) is 69.2 Å². The largest absolute Gasteiger partial charge is 0.495 e. The molecule has 0 spiro atoms. The fourth-order valence-corrected chi connectivity index (χ4v) is 4.14. The second-order valence-corrected chi connectivity index (χ2v) is 7.72. The Kier molecular flexibility index (Phi) is 8.02. The number of methoxy groups -OCH3 is 1. The standard InChI is InChI=1S/C22H35N5O2/c1-3-23-22(24-17-21(28)25-18-9-5-4-6-10-18)27-15-13-26(14-16-27)19-11-7-8-12-20(19)29-2/h7-8,11-12,18H,3-6,9-10,13-17H2,1-2H3,(H,23,24)(H,25,28). The van der Waals surface area contributed by atoms with E-state index in [1.54, 1.807) is 7.11 Å². The summed E-state index contributed by atoms with van der Waals surface area (Å²) >= 11 is 0. The van der Waals surface area contributed by atoms with Crippen molar-refractivity contribution in [2.75, 3.05) is 51.3 Å². The van der Waals surface area contributed by atoms with Crippen LogP contribution in [0.4, 0.5) is 5.69 Å². The zero-order valence-corrected chi connectivity index (χ0v) is 17.8. The molecule has 1 aromatic carbocycles. The maximum atomic E-state index is 12.3. The van der Waals surface area contributed by atoms with Gasteiger partial charge in [-0.1, -0.05) is 31.4 Å². The van der Waals surface area contributed by atoms with Gasteiger partial charge in [0.05, 0.1) is 12.8 Å². The van der Waals surface area contributed by atoms with E-state index in [1.165, 1.54) is 19.3 Å². The number of carbonyl (C=O) groups excluding carboxylic acids is 1. The number of benzene rings is 1. The number of anilines is 1. The van der Waals surface area contributed by atoms with Gasteiger partial charge in [-0.05, 0) is 31.9 Å². The Labute approximate surface area is 174 Å². The molecule has 2 aliphatic rings. The third-order valence-corrected chi connectivity index (χ3v) is 5.68. The summed E-state index contributed by atoms with van der Waals surface area (Å²) < 4.78 is 5.50. The molecule has 1 saturated heterocycles. The average Bonchev–Trinajstić information content (AvgIpc) is 2.77.